The Labute approximate surface area is 189 Å². The number of carbonyl (C=O) groups excluding carboxylic acids is 2. The Balaban J connectivity index is 1.84. The molecule has 0 aliphatic heterocycles. The minimum atomic E-state index is -1.30. The van der Waals surface area contributed by atoms with Gasteiger partial charge >= 0.3 is 5.97 Å². The molecule has 6 nitrogen and oxygen atoms in total. The van der Waals surface area contributed by atoms with Gasteiger partial charge in [-0.2, -0.15) is 0 Å². The lowest BCUT2D eigenvalue weighted by Gasteiger charge is -2.24. The average molecular weight is 463 g/mol. The van der Waals surface area contributed by atoms with Gasteiger partial charge in [0.05, 0.1) is 26.7 Å². The summed E-state index contributed by atoms with van der Waals surface area (Å²) in [4.78, 5) is 25.3. The van der Waals surface area contributed by atoms with Crippen molar-refractivity contribution in [2.75, 3.05) is 20.8 Å². The monoisotopic (exact) mass is 463 g/mol. The van der Waals surface area contributed by atoms with Crippen molar-refractivity contribution in [2.45, 2.75) is 25.3 Å². The van der Waals surface area contributed by atoms with Crippen LogP contribution >= 0.6 is 0 Å². The Bertz CT molecular complexity index is 1050. The van der Waals surface area contributed by atoms with Crippen LogP contribution in [-0.4, -0.2) is 38.7 Å². The van der Waals surface area contributed by atoms with Gasteiger partial charge in [-0.05, 0) is 37.5 Å². The summed E-state index contributed by atoms with van der Waals surface area (Å²) in [6.07, 6.45) is 3.64. The third kappa shape index (κ3) is 5.30. The molecule has 0 radical (unpaired) electrons. The molecule has 0 saturated carbocycles. The molecule has 2 aromatic rings. The number of halogens is 3. The molecule has 176 valence electrons. The highest BCUT2D eigenvalue weighted by atomic mass is 19.1. The second-order valence-corrected chi connectivity index (χ2v) is 7.45. The van der Waals surface area contributed by atoms with Crippen LogP contribution in [0.25, 0.3) is 0 Å². The number of benzene rings is 2. The third-order valence-electron chi connectivity index (χ3n) is 5.41. The smallest absolute Gasteiger partial charge is 0.314 e. The lowest BCUT2D eigenvalue weighted by molar-refractivity contribution is -0.146. The second kappa shape index (κ2) is 10.4. The van der Waals surface area contributed by atoms with Crippen LogP contribution in [0.5, 0.6) is 11.5 Å². The molecule has 3 rings (SSSR count). The Morgan fingerprint density at radius 2 is 1.76 bits per heavy atom. The maximum absolute atomic E-state index is 14.0. The van der Waals surface area contributed by atoms with Crippen molar-refractivity contribution in [1.82, 2.24) is 5.32 Å². The lowest BCUT2D eigenvalue weighted by Crippen LogP contribution is -2.35. The standard InChI is InChI=1S/C24H24F3NO5/c1-4-33-24(30)21(17-12-16(31-2)7-8-20(17)32-3)13-5-6-15(9-13)28-23(29)22-18(26)10-14(25)11-19(22)27/h5-8,10-13,15,21H,4,9H2,1-3H3,(H,28,29)/t13-,15-,21-/m0/s1. The molecule has 3 atom stereocenters. The highest BCUT2D eigenvalue weighted by molar-refractivity contribution is 5.95. The number of methoxy groups -OCH3 is 2. The van der Waals surface area contributed by atoms with Gasteiger partial charge in [0.1, 0.15) is 34.5 Å². The summed E-state index contributed by atoms with van der Waals surface area (Å²) in [7, 11) is 2.98. The fraction of sp³-hybridized carbons (Fsp3) is 0.333. The summed E-state index contributed by atoms with van der Waals surface area (Å²) in [5.41, 5.74) is -0.322. The molecular weight excluding hydrogens is 439 g/mol. The first-order valence-electron chi connectivity index (χ1n) is 10.3. The number of nitrogens with one attached hydrogen (secondary N) is 1. The number of hydrogen-bond donors (Lipinski definition) is 1. The van der Waals surface area contributed by atoms with Gasteiger partial charge in [0.2, 0.25) is 0 Å². The van der Waals surface area contributed by atoms with Gasteiger partial charge < -0.3 is 19.5 Å². The molecule has 0 aromatic heterocycles. The highest BCUT2D eigenvalue weighted by Crippen LogP contribution is 2.40. The van der Waals surface area contributed by atoms with Crippen molar-refractivity contribution in [3.8, 4) is 11.5 Å². The predicted molar refractivity (Wildman–Crippen MR) is 114 cm³/mol. The molecular formula is C24H24F3NO5. The van der Waals surface area contributed by atoms with E-state index in [4.69, 9.17) is 14.2 Å². The summed E-state index contributed by atoms with van der Waals surface area (Å²) in [5.74, 6) is -5.41. The largest absolute Gasteiger partial charge is 0.497 e. The molecule has 0 unspecified atom stereocenters. The van der Waals surface area contributed by atoms with Crippen LogP contribution in [0.15, 0.2) is 42.5 Å². The summed E-state index contributed by atoms with van der Waals surface area (Å²) in [6, 6.07) is 5.33. The Morgan fingerprint density at radius 3 is 2.36 bits per heavy atom. The molecule has 1 amide bonds. The molecule has 0 heterocycles. The third-order valence-corrected chi connectivity index (χ3v) is 5.41. The number of rotatable bonds is 8. The normalized spacial score (nSPS) is 18.0. The molecule has 33 heavy (non-hydrogen) atoms. The van der Waals surface area contributed by atoms with E-state index >= 15 is 0 Å². The van der Waals surface area contributed by atoms with Crippen LogP contribution in [-0.2, 0) is 9.53 Å². The zero-order chi connectivity index (χ0) is 24.1. The maximum atomic E-state index is 14.0. The first-order valence-corrected chi connectivity index (χ1v) is 10.3. The lowest BCUT2D eigenvalue weighted by atomic mass is 9.84. The van der Waals surface area contributed by atoms with Crippen molar-refractivity contribution in [1.29, 1.82) is 0 Å². The van der Waals surface area contributed by atoms with Crippen molar-refractivity contribution >= 4 is 11.9 Å². The Morgan fingerprint density at radius 1 is 1.06 bits per heavy atom. The van der Waals surface area contributed by atoms with E-state index in [1.165, 1.54) is 14.2 Å². The van der Waals surface area contributed by atoms with Gasteiger partial charge in [0.15, 0.2) is 0 Å². The molecule has 9 heteroatoms. The average Bonchev–Trinajstić information content (AvgIpc) is 3.21. The van der Waals surface area contributed by atoms with Gasteiger partial charge in [-0.25, -0.2) is 13.2 Å². The van der Waals surface area contributed by atoms with E-state index < -0.39 is 52.8 Å². The summed E-state index contributed by atoms with van der Waals surface area (Å²) in [6.45, 7) is 1.86. The van der Waals surface area contributed by atoms with Crippen molar-refractivity contribution < 1.29 is 37.0 Å². The van der Waals surface area contributed by atoms with Crippen molar-refractivity contribution in [3.05, 3.63) is 71.1 Å². The molecule has 1 aliphatic carbocycles. The van der Waals surface area contributed by atoms with Crippen LogP contribution in [0.1, 0.15) is 35.2 Å². The molecule has 0 saturated heterocycles. The number of esters is 1. The first kappa shape index (κ1) is 24.2. The van der Waals surface area contributed by atoms with Crippen LogP contribution < -0.4 is 14.8 Å². The maximum Gasteiger partial charge on any atom is 0.314 e. The van der Waals surface area contributed by atoms with Crippen molar-refractivity contribution in [2.24, 2.45) is 5.92 Å². The topological polar surface area (TPSA) is 73.9 Å². The van der Waals surface area contributed by atoms with Gasteiger partial charge in [0, 0.05) is 23.7 Å². The van der Waals surface area contributed by atoms with E-state index in [1.54, 1.807) is 37.3 Å². The molecule has 0 spiro atoms. The minimum absolute atomic E-state index is 0.168. The number of hydrogen-bond acceptors (Lipinski definition) is 5. The highest BCUT2D eigenvalue weighted by Gasteiger charge is 2.36. The van der Waals surface area contributed by atoms with E-state index in [-0.39, 0.29) is 13.0 Å². The van der Waals surface area contributed by atoms with Gasteiger partial charge in [0.25, 0.3) is 5.91 Å². The summed E-state index contributed by atoms with van der Waals surface area (Å²) < 4.78 is 57.1. The van der Waals surface area contributed by atoms with Crippen LogP contribution in [0, 0.1) is 23.4 Å². The predicted octanol–water partition coefficient (Wildman–Crippen LogP) is 4.14. The van der Waals surface area contributed by atoms with Gasteiger partial charge in [-0.3, -0.25) is 9.59 Å². The summed E-state index contributed by atoms with van der Waals surface area (Å²) >= 11 is 0. The molecule has 0 fully saturated rings. The van der Waals surface area contributed by atoms with E-state index in [0.717, 1.165) is 0 Å². The number of allylic oxidation sites excluding steroid dienone is 1. The van der Waals surface area contributed by atoms with Crippen LogP contribution in [0.4, 0.5) is 13.2 Å². The van der Waals surface area contributed by atoms with E-state index in [0.29, 0.717) is 29.2 Å². The van der Waals surface area contributed by atoms with E-state index in [9.17, 15) is 22.8 Å². The Kier molecular flexibility index (Phi) is 7.63. The molecule has 2 aromatic carbocycles. The van der Waals surface area contributed by atoms with Crippen LogP contribution in [0.3, 0.4) is 0 Å². The van der Waals surface area contributed by atoms with Gasteiger partial charge in [-0.15, -0.1) is 0 Å². The number of carbonyl (C=O) groups is 2. The zero-order valence-electron chi connectivity index (χ0n) is 18.4. The van der Waals surface area contributed by atoms with Gasteiger partial charge in [-0.1, -0.05) is 12.2 Å². The molecule has 1 N–H and O–H groups in total. The van der Waals surface area contributed by atoms with Crippen LogP contribution in [0.2, 0.25) is 0 Å². The number of amides is 1. The fourth-order valence-electron chi connectivity index (χ4n) is 3.93. The second-order valence-electron chi connectivity index (χ2n) is 7.45. The zero-order valence-corrected chi connectivity index (χ0v) is 18.4. The Hall–Kier alpha value is -3.49. The van der Waals surface area contributed by atoms with E-state index in [1.807, 2.05) is 0 Å². The number of ether oxygens (including phenoxy) is 3. The SMILES string of the molecule is CCOC(=O)[C@H](c1cc(OC)ccc1OC)[C@H]1C=C[C@H](NC(=O)c2c(F)cc(F)cc2F)C1. The minimum Gasteiger partial charge on any atom is -0.497 e. The van der Waals surface area contributed by atoms with Crippen molar-refractivity contribution in [3.63, 3.8) is 0 Å². The first-order chi connectivity index (χ1) is 15.8. The fourth-order valence-corrected chi connectivity index (χ4v) is 3.93. The molecule has 1 aliphatic rings. The summed E-state index contributed by atoms with van der Waals surface area (Å²) in [5, 5.41) is 2.52. The van der Waals surface area contributed by atoms with E-state index in [2.05, 4.69) is 5.32 Å². The quantitative estimate of drug-likeness (QED) is 0.471. The molecule has 0 bridgehead atoms.